The summed E-state index contributed by atoms with van der Waals surface area (Å²) in [6.45, 7) is 13.1. The number of carbonyl (C=O) groups excluding carboxylic acids is 2. The zero-order valence-electron chi connectivity index (χ0n) is 39.5. The van der Waals surface area contributed by atoms with E-state index in [0.29, 0.717) is 43.8 Å². The molecular formula is C51H101NO5. The fourth-order valence-electron chi connectivity index (χ4n) is 8.27. The average Bonchev–Trinajstić information content (AvgIpc) is 3.18. The standard InChI is InChI=1S/C51H101NO5/c1-7-11-25-34-47(35-26-12-8-2)44-50(53)56-42-31-23-19-15-17-21-29-38-49(46-55-41-33-40-52(5)6)39-30-22-18-16-20-24-32-43-57-51(54)45-48(36-27-13-9-3)37-28-14-10-4/h47-49H,7-46H2,1-6H3. The Morgan fingerprint density at radius 3 is 1.05 bits per heavy atom. The van der Waals surface area contributed by atoms with Crippen molar-refractivity contribution in [1.29, 1.82) is 0 Å². The maximum absolute atomic E-state index is 12.5. The molecule has 0 heterocycles. The summed E-state index contributed by atoms with van der Waals surface area (Å²) in [6, 6.07) is 0. The van der Waals surface area contributed by atoms with Gasteiger partial charge in [-0.3, -0.25) is 9.59 Å². The molecule has 0 rings (SSSR count). The van der Waals surface area contributed by atoms with Crippen LogP contribution in [0, 0.1) is 17.8 Å². The van der Waals surface area contributed by atoms with Crippen molar-refractivity contribution in [3.63, 3.8) is 0 Å². The second kappa shape index (κ2) is 44.4. The average molecular weight is 808 g/mol. The fraction of sp³-hybridized carbons (Fsp3) is 0.961. The van der Waals surface area contributed by atoms with E-state index < -0.39 is 0 Å². The van der Waals surface area contributed by atoms with Crippen molar-refractivity contribution in [2.75, 3.05) is 47.1 Å². The van der Waals surface area contributed by atoms with E-state index >= 15 is 0 Å². The molecule has 0 aromatic carbocycles. The quantitative estimate of drug-likeness (QED) is 0.0451. The van der Waals surface area contributed by atoms with Crippen LogP contribution in [0.2, 0.25) is 0 Å². The molecule has 0 amide bonds. The third-order valence-electron chi connectivity index (χ3n) is 12.1. The molecule has 0 saturated heterocycles. The molecule has 0 fully saturated rings. The van der Waals surface area contributed by atoms with Crippen molar-refractivity contribution >= 4 is 11.9 Å². The monoisotopic (exact) mass is 808 g/mol. The van der Waals surface area contributed by atoms with E-state index in [4.69, 9.17) is 14.2 Å². The van der Waals surface area contributed by atoms with Crippen LogP contribution in [0.1, 0.15) is 252 Å². The molecule has 6 nitrogen and oxygen atoms in total. The molecule has 0 radical (unpaired) electrons. The van der Waals surface area contributed by atoms with E-state index in [2.05, 4.69) is 46.7 Å². The van der Waals surface area contributed by atoms with Gasteiger partial charge in [0, 0.05) is 26.1 Å². The third-order valence-corrected chi connectivity index (χ3v) is 12.1. The van der Waals surface area contributed by atoms with E-state index in [1.807, 2.05) is 0 Å². The predicted octanol–water partition coefficient (Wildman–Crippen LogP) is 15.2. The van der Waals surface area contributed by atoms with Crippen molar-refractivity contribution in [3.05, 3.63) is 0 Å². The maximum atomic E-state index is 12.5. The topological polar surface area (TPSA) is 65.1 Å². The van der Waals surface area contributed by atoms with Crippen LogP contribution in [0.3, 0.4) is 0 Å². The zero-order chi connectivity index (χ0) is 41.9. The van der Waals surface area contributed by atoms with Crippen LogP contribution in [-0.2, 0) is 23.8 Å². The summed E-state index contributed by atoms with van der Waals surface area (Å²) in [6.07, 6.45) is 42.0. The number of esters is 2. The summed E-state index contributed by atoms with van der Waals surface area (Å²) >= 11 is 0. The molecule has 0 atom stereocenters. The molecule has 0 aliphatic heterocycles. The Bertz CT molecular complexity index is 756. The zero-order valence-corrected chi connectivity index (χ0v) is 39.5. The van der Waals surface area contributed by atoms with Gasteiger partial charge in [0.15, 0.2) is 0 Å². The molecule has 0 N–H and O–H groups in total. The van der Waals surface area contributed by atoms with Crippen LogP contribution >= 0.6 is 0 Å². The second-order valence-corrected chi connectivity index (χ2v) is 18.2. The Labute approximate surface area is 356 Å². The minimum Gasteiger partial charge on any atom is -0.466 e. The largest absolute Gasteiger partial charge is 0.466 e. The van der Waals surface area contributed by atoms with Crippen LogP contribution < -0.4 is 0 Å². The molecule has 6 heteroatoms. The number of unbranched alkanes of at least 4 members (excludes halogenated alkanes) is 20. The van der Waals surface area contributed by atoms with E-state index in [1.54, 1.807) is 0 Å². The summed E-state index contributed by atoms with van der Waals surface area (Å²) < 4.78 is 17.5. The van der Waals surface area contributed by atoms with Gasteiger partial charge in [0.2, 0.25) is 0 Å². The smallest absolute Gasteiger partial charge is 0.306 e. The minimum atomic E-state index is 0.0323. The molecular weight excluding hydrogens is 707 g/mol. The highest BCUT2D eigenvalue weighted by molar-refractivity contribution is 5.70. The van der Waals surface area contributed by atoms with Gasteiger partial charge in [-0.2, -0.15) is 0 Å². The lowest BCUT2D eigenvalue weighted by molar-refractivity contribution is -0.146. The number of carbonyl (C=O) groups is 2. The molecule has 0 aliphatic rings. The van der Waals surface area contributed by atoms with E-state index in [-0.39, 0.29) is 11.9 Å². The first-order valence-corrected chi connectivity index (χ1v) is 25.4. The molecule has 0 unspecified atom stereocenters. The maximum Gasteiger partial charge on any atom is 0.306 e. The number of hydrogen-bond acceptors (Lipinski definition) is 6. The predicted molar refractivity (Wildman–Crippen MR) is 246 cm³/mol. The normalized spacial score (nSPS) is 11.8. The van der Waals surface area contributed by atoms with Crippen molar-refractivity contribution in [3.8, 4) is 0 Å². The summed E-state index contributed by atoms with van der Waals surface area (Å²) in [7, 11) is 4.27. The Morgan fingerprint density at radius 1 is 0.386 bits per heavy atom. The van der Waals surface area contributed by atoms with Gasteiger partial charge in [-0.25, -0.2) is 0 Å². The van der Waals surface area contributed by atoms with Crippen molar-refractivity contribution < 1.29 is 23.8 Å². The Hall–Kier alpha value is -1.14. The first kappa shape index (κ1) is 55.9. The van der Waals surface area contributed by atoms with Crippen LogP contribution in [-0.4, -0.2) is 63.9 Å². The summed E-state index contributed by atoms with van der Waals surface area (Å²) in [5.74, 6) is 1.78. The van der Waals surface area contributed by atoms with Gasteiger partial charge >= 0.3 is 11.9 Å². The molecule has 0 saturated carbocycles. The number of ether oxygens (including phenoxy) is 3. The van der Waals surface area contributed by atoms with Crippen LogP contribution in [0.15, 0.2) is 0 Å². The molecule has 0 aromatic rings. The number of nitrogens with zero attached hydrogens (tertiary/aromatic N) is 1. The summed E-state index contributed by atoms with van der Waals surface area (Å²) in [5.41, 5.74) is 0. The second-order valence-electron chi connectivity index (χ2n) is 18.2. The van der Waals surface area contributed by atoms with Crippen molar-refractivity contribution in [2.45, 2.75) is 252 Å². The third kappa shape index (κ3) is 41.4. The highest BCUT2D eigenvalue weighted by atomic mass is 16.5. The Morgan fingerprint density at radius 2 is 0.702 bits per heavy atom. The lowest BCUT2D eigenvalue weighted by Gasteiger charge is -2.18. The minimum absolute atomic E-state index is 0.0323. The molecule has 0 spiro atoms. The Kier molecular flexibility index (Phi) is 43.5. The van der Waals surface area contributed by atoms with Crippen molar-refractivity contribution in [1.82, 2.24) is 4.90 Å². The number of hydrogen-bond donors (Lipinski definition) is 0. The molecule has 0 aliphatic carbocycles. The Balaban J connectivity index is 4.15. The molecule has 0 aromatic heterocycles. The van der Waals surface area contributed by atoms with Gasteiger partial charge in [0.05, 0.1) is 13.2 Å². The van der Waals surface area contributed by atoms with Gasteiger partial charge in [-0.15, -0.1) is 0 Å². The fourth-order valence-corrected chi connectivity index (χ4v) is 8.27. The van der Waals surface area contributed by atoms with Gasteiger partial charge in [0.25, 0.3) is 0 Å². The van der Waals surface area contributed by atoms with Gasteiger partial charge in [-0.1, -0.05) is 182 Å². The lowest BCUT2D eigenvalue weighted by atomic mass is 9.92. The van der Waals surface area contributed by atoms with Gasteiger partial charge < -0.3 is 19.1 Å². The SMILES string of the molecule is CCCCCC(CCCCC)CC(=O)OCCCCCCCCCC(CCCCCCCCCOC(=O)CC(CCCCC)CCCCC)COCCCN(C)C. The lowest BCUT2D eigenvalue weighted by Crippen LogP contribution is -2.16. The number of rotatable bonds is 46. The van der Waals surface area contributed by atoms with E-state index in [9.17, 15) is 9.59 Å². The molecule has 0 bridgehead atoms. The summed E-state index contributed by atoms with van der Waals surface area (Å²) in [5, 5.41) is 0. The summed E-state index contributed by atoms with van der Waals surface area (Å²) in [4.78, 5) is 27.3. The van der Waals surface area contributed by atoms with E-state index in [1.165, 1.54) is 193 Å². The first-order valence-electron chi connectivity index (χ1n) is 25.4. The first-order chi connectivity index (χ1) is 27.9. The molecule has 57 heavy (non-hydrogen) atoms. The highest BCUT2D eigenvalue weighted by Crippen LogP contribution is 2.24. The molecule has 340 valence electrons. The van der Waals surface area contributed by atoms with Crippen LogP contribution in [0.25, 0.3) is 0 Å². The van der Waals surface area contributed by atoms with Gasteiger partial charge in [-0.05, 0) is 96.2 Å². The van der Waals surface area contributed by atoms with E-state index in [0.717, 1.165) is 39.0 Å². The van der Waals surface area contributed by atoms with Gasteiger partial charge in [0.1, 0.15) is 0 Å². The van der Waals surface area contributed by atoms with Crippen LogP contribution in [0.5, 0.6) is 0 Å². The van der Waals surface area contributed by atoms with Crippen LogP contribution in [0.4, 0.5) is 0 Å². The van der Waals surface area contributed by atoms with Crippen molar-refractivity contribution in [2.24, 2.45) is 17.8 Å². The highest BCUT2D eigenvalue weighted by Gasteiger charge is 2.16.